The lowest BCUT2D eigenvalue weighted by molar-refractivity contribution is -0.155. The Morgan fingerprint density at radius 3 is 2.82 bits per heavy atom. The maximum Gasteiger partial charge on any atom is 0.311 e. The van der Waals surface area contributed by atoms with Crippen LogP contribution in [0.2, 0.25) is 0 Å². The van der Waals surface area contributed by atoms with Crippen LogP contribution in [0.15, 0.2) is 0 Å². The summed E-state index contributed by atoms with van der Waals surface area (Å²) in [4.78, 5) is 11.8. The summed E-state index contributed by atoms with van der Waals surface area (Å²) in [5, 5.41) is 10.3. The van der Waals surface area contributed by atoms with Crippen molar-refractivity contribution in [2.45, 2.75) is 45.6 Å². The molecule has 3 unspecified atom stereocenters. The number of hydrogen-bond acceptors (Lipinski definition) is 4. The van der Waals surface area contributed by atoms with Crippen molar-refractivity contribution in [2.24, 2.45) is 11.8 Å². The molecular formula is C13H24O4. The molecule has 100 valence electrons. The van der Waals surface area contributed by atoms with Gasteiger partial charge in [-0.25, -0.2) is 0 Å². The summed E-state index contributed by atoms with van der Waals surface area (Å²) in [6, 6.07) is 0. The van der Waals surface area contributed by atoms with Crippen molar-refractivity contribution in [3.63, 3.8) is 0 Å². The van der Waals surface area contributed by atoms with E-state index in [4.69, 9.17) is 9.47 Å². The van der Waals surface area contributed by atoms with Crippen LogP contribution in [0.3, 0.4) is 0 Å². The van der Waals surface area contributed by atoms with Gasteiger partial charge in [0.15, 0.2) is 0 Å². The highest BCUT2D eigenvalue weighted by Crippen LogP contribution is 2.26. The Labute approximate surface area is 103 Å². The fourth-order valence-electron chi connectivity index (χ4n) is 2.35. The van der Waals surface area contributed by atoms with E-state index >= 15 is 0 Å². The van der Waals surface area contributed by atoms with Gasteiger partial charge in [-0.05, 0) is 26.2 Å². The average molecular weight is 244 g/mol. The molecule has 0 saturated carbocycles. The molecule has 1 N–H and O–H groups in total. The van der Waals surface area contributed by atoms with Crippen molar-refractivity contribution in [1.29, 1.82) is 0 Å². The van der Waals surface area contributed by atoms with E-state index in [0.29, 0.717) is 19.6 Å². The van der Waals surface area contributed by atoms with Crippen LogP contribution in [0, 0.1) is 11.8 Å². The van der Waals surface area contributed by atoms with Crippen LogP contribution in [0.25, 0.3) is 0 Å². The highest BCUT2D eigenvalue weighted by atomic mass is 16.5. The van der Waals surface area contributed by atoms with Gasteiger partial charge in [-0.2, -0.15) is 0 Å². The Morgan fingerprint density at radius 1 is 1.53 bits per heavy atom. The number of carbonyl (C=O) groups excluding carboxylic acids is 1. The van der Waals surface area contributed by atoms with Crippen molar-refractivity contribution in [3.8, 4) is 0 Å². The zero-order chi connectivity index (χ0) is 12.7. The van der Waals surface area contributed by atoms with E-state index in [1.807, 2.05) is 6.92 Å². The molecule has 0 spiro atoms. The van der Waals surface area contributed by atoms with E-state index in [1.54, 1.807) is 6.92 Å². The molecule has 1 aliphatic rings. The third-order valence-corrected chi connectivity index (χ3v) is 3.28. The largest absolute Gasteiger partial charge is 0.466 e. The molecule has 0 aromatic heterocycles. The molecule has 0 aromatic carbocycles. The first kappa shape index (κ1) is 14.5. The van der Waals surface area contributed by atoms with Crippen molar-refractivity contribution in [3.05, 3.63) is 0 Å². The van der Waals surface area contributed by atoms with E-state index in [9.17, 15) is 9.90 Å². The normalized spacial score (nSPS) is 24.1. The SMILES string of the molecule is CCCC(C(=O)OCC)C(O)C1CCCOC1. The van der Waals surface area contributed by atoms with Gasteiger partial charge < -0.3 is 14.6 Å². The minimum Gasteiger partial charge on any atom is -0.466 e. The van der Waals surface area contributed by atoms with Gasteiger partial charge in [-0.15, -0.1) is 0 Å². The minimum absolute atomic E-state index is 0.0738. The number of aliphatic hydroxyl groups excluding tert-OH is 1. The monoisotopic (exact) mass is 244 g/mol. The van der Waals surface area contributed by atoms with Gasteiger partial charge in [-0.1, -0.05) is 13.3 Å². The molecule has 4 nitrogen and oxygen atoms in total. The quantitative estimate of drug-likeness (QED) is 0.723. The Hall–Kier alpha value is -0.610. The van der Waals surface area contributed by atoms with E-state index < -0.39 is 12.0 Å². The van der Waals surface area contributed by atoms with Crippen LogP contribution in [0.1, 0.15) is 39.5 Å². The van der Waals surface area contributed by atoms with E-state index in [2.05, 4.69) is 0 Å². The van der Waals surface area contributed by atoms with Crippen LogP contribution in [0.5, 0.6) is 0 Å². The molecule has 1 aliphatic heterocycles. The molecule has 4 heteroatoms. The van der Waals surface area contributed by atoms with Crippen LogP contribution in [-0.2, 0) is 14.3 Å². The Morgan fingerprint density at radius 2 is 2.29 bits per heavy atom. The smallest absolute Gasteiger partial charge is 0.311 e. The third kappa shape index (κ3) is 4.28. The van der Waals surface area contributed by atoms with Gasteiger partial charge in [0, 0.05) is 12.5 Å². The summed E-state index contributed by atoms with van der Waals surface area (Å²) in [6.45, 7) is 5.49. The zero-order valence-electron chi connectivity index (χ0n) is 10.9. The highest BCUT2D eigenvalue weighted by molar-refractivity contribution is 5.73. The topological polar surface area (TPSA) is 55.8 Å². The standard InChI is InChI=1S/C13H24O4/c1-3-6-11(13(15)17-4-2)12(14)10-7-5-8-16-9-10/h10-12,14H,3-9H2,1-2H3. The van der Waals surface area contributed by atoms with Crippen molar-refractivity contribution < 1.29 is 19.4 Å². The van der Waals surface area contributed by atoms with Crippen molar-refractivity contribution in [1.82, 2.24) is 0 Å². The maximum absolute atomic E-state index is 11.8. The lowest BCUT2D eigenvalue weighted by Crippen LogP contribution is -2.39. The fraction of sp³-hybridized carbons (Fsp3) is 0.923. The maximum atomic E-state index is 11.8. The molecule has 1 rings (SSSR count). The summed E-state index contributed by atoms with van der Waals surface area (Å²) in [6.07, 6.45) is 2.81. The number of aliphatic hydroxyl groups is 1. The lowest BCUT2D eigenvalue weighted by Gasteiger charge is -2.31. The predicted molar refractivity (Wildman–Crippen MR) is 64.6 cm³/mol. The van der Waals surface area contributed by atoms with Crippen LogP contribution >= 0.6 is 0 Å². The number of rotatable bonds is 6. The zero-order valence-corrected chi connectivity index (χ0v) is 10.9. The number of ether oxygens (including phenoxy) is 2. The molecule has 1 fully saturated rings. The highest BCUT2D eigenvalue weighted by Gasteiger charge is 2.34. The minimum atomic E-state index is -0.630. The average Bonchev–Trinajstić information content (AvgIpc) is 2.36. The first-order valence-corrected chi connectivity index (χ1v) is 6.63. The fourth-order valence-corrected chi connectivity index (χ4v) is 2.35. The molecule has 0 amide bonds. The Kier molecular flexibility index (Phi) is 6.52. The van der Waals surface area contributed by atoms with Crippen molar-refractivity contribution in [2.75, 3.05) is 19.8 Å². The Balaban J connectivity index is 2.57. The van der Waals surface area contributed by atoms with Crippen LogP contribution < -0.4 is 0 Å². The number of carbonyl (C=O) groups is 1. The van der Waals surface area contributed by atoms with Gasteiger partial charge in [0.1, 0.15) is 0 Å². The van der Waals surface area contributed by atoms with E-state index in [1.165, 1.54) is 0 Å². The summed E-state index contributed by atoms with van der Waals surface area (Å²) in [5.41, 5.74) is 0. The van der Waals surface area contributed by atoms with Gasteiger partial charge >= 0.3 is 5.97 Å². The van der Waals surface area contributed by atoms with Gasteiger partial charge in [0.25, 0.3) is 0 Å². The summed E-state index contributed by atoms with van der Waals surface area (Å²) >= 11 is 0. The lowest BCUT2D eigenvalue weighted by atomic mass is 9.85. The second-order valence-corrected chi connectivity index (χ2v) is 4.62. The number of hydrogen-bond donors (Lipinski definition) is 1. The summed E-state index contributed by atoms with van der Waals surface area (Å²) in [5.74, 6) is -0.594. The van der Waals surface area contributed by atoms with E-state index in [0.717, 1.165) is 25.9 Å². The predicted octanol–water partition coefficient (Wildman–Crippen LogP) is 1.75. The molecule has 0 aliphatic carbocycles. The second-order valence-electron chi connectivity index (χ2n) is 4.62. The van der Waals surface area contributed by atoms with Crippen LogP contribution in [0.4, 0.5) is 0 Å². The molecule has 3 atom stereocenters. The first-order chi connectivity index (χ1) is 8.20. The van der Waals surface area contributed by atoms with Gasteiger partial charge in [-0.3, -0.25) is 4.79 Å². The molecule has 0 aromatic rings. The van der Waals surface area contributed by atoms with Gasteiger partial charge in [0.2, 0.25) is 0 Å². The summed E-state index contributed by atoms with van der Waals surface area (Å²) in [7, 11) is 0. The molecule has 1 saturated heterocycles. The van der Waals surface area contributed by atoms with Crippen LogP contribution in [-0.4, -0.2) is 37.0 Å². The second kappa shape index (κ2) is 7.67. The molecule has 17 heavy (non-hydrogen) atoms. The Bertz CT molecular complexity index is 223. The molecule has 0 bridgehead atoms. The number of esters is 1. The molecule has 1 heterocycles. The van der Waals surface area contributed by atoms with Gasteiger partial charge in [0.05, 0.1) is 25.2 Å². The molecular weight excluding hydrogens is 220 g/mol. The third-order valence-electron chi connectivity index (χ3n) is 3.28. The van der Waals surface area contributed by atoms with E-state index in [-0.39, 0.29) is 11.9 Å². The van der Waals surface area contributed by atoms with Crippen molar-refractivity contribution >= 4 is 5.97 Å². The molecule has 0 radical (unpaired) electrons. The summed E-state index contributed by atoms with van der Waals surface area (Å²) < 4.78 is 10.4. The first-order valence-electron chi connectivity index (χ1n) is 6.63.